The van der Waals surface area contributed by atoms with E-state index in [0.717, 1.165) is 0 Å². The first-order chi connectivity index (χ1) is 8.00. The molecule has 0 aromatic heterocycles. The number of halogens is 8. The third-order valence-electron chi connectivity index (χ3n) is 0. The molecule has 0 spiro atoms. The normalized spacial score (nSPS) is 10.7. The van der Waals surface area contributed by atoms with E-state index in [9.17, 15) is 33.6 Å². The fourth-order valence-electron chi connectivity index (χ4n) is 0. The van der Waals surface area contributed by atoms with Crippen LogP contribution < -0.4 is 23.8 Å². The molecule has 3 N–H and O–H groups in total. The molecule has 0 saturated carbocycles. The first-order valence-corrected chi connectivity index (χ1v) is 8.60. The summed E-state index contributed by atoms with van der Waals surface area (Å²) in [5, 5.41) is 0. The Bertz CT molecular complexity index is 303. The molecule has 0 aromatic rings. The van der Waals surface area contributed by atoms with Crippen molar-refractivity contribution in [2.75, 3.05) is 0 Å². The van der Waals surface area contributed by atoms with Gasteiger partial charge in [-0.05, 0) is 0 Å². The van der Waals surface area contributed by atoms with E-state index in [1.165, 1.54) is 0 Å². The molecule has 0 radical (unpaired) electrons. The largest absolute Gasteiger partial charge is 1.00 e. The van der Waals surface area contributed by atoms with Crippen LogP contribution in [0, 0.1) is 0 Å². The molecule has 22 heteroatoms. The molecule has 0 rings (SSSR count). The van der Waals surface area contributed by atoms with Crippen molar-refractivity contribution in [3.05, 3.63) is 0 Å². The third kappa shape index (κ3) is 5770. The average Bonchev–Trinajstić information content (AvgIpc) is 1.62. The molecule has 8 nitrogen and oxygen atoms in total. The molecule has 0 amide bonds. The van der Waals surface area contributed by atoms with Crippen molar-refractivity contribution < 1.29 is 90.3 Å². The van der Waals surface area contributed by atoms with Crippen LogP contribution in [0.5, 0.6) is 0 Å². The number of hydrogen-bond donors (Lipinski definition) is 3. The minimum Gasteiger partial charge on any atom is -0.749 e. The van der Waals surface area contributed by atoms with E-state index in [1.807, 2.05) is 0 Å². The van der Waals surface area contributed by atoms with Crippen LogP contribution in [0.4, 0.5) is 33.6 Å². The Labute approximate surface area is 132 Å². The predicted molar refractivity (Wildman–Crippen MR) is 57.1 cm³/mol. The van der Waals surface area contributed by atoms with Gasteiger partial charge in [-0.1, -0.05) is 0 Å². The van der Waals surface area contributed by atoms with Gasteiger partial charge in [0.15, 0.2) is 0 Å². The zero-order valence-corrected chi connectivity index (χ0v) is 14.9. The monoisotopic (exact) mass is 448 g/mol. The van der Waals surface area contributed by atoms with Gasteiger partial charge in [-0.3, -0.25) is 19.2 Å². The molecule has 1 unspecified atom stereocenters. The molecule has 0 aliphatic rings. The summed E-state index contributed by atoms with van der Waals surface area (Å²) in [5.41, 5.74) is 0. The molecule has 0 aliphatic heterocycles. The topological polar surface area (TPSA) is 152 Å². The van der Waals surface area contributed by atoms with Crippen molar-refractivity contribution >= 4 is 41.9 Å². The van der Waals surface area contributed by atoms with Crippen LogP contribution in [0.15, 0.2) is 0 Å². The summed E-state index contributed by atoms with van der Waals surface area (Å²) < 4.78 is 114. The van der Waals surface area contributed by atoms with Gasteiger partial charge in [0.25, 0.3) is 0 Å². The van der Waals surface area contributed by atoms with Crippen LogP contribution in [0.1, 0.15) is 0 Å². The van der Waals surface area contributed by atoms with Crippen molar-refractivity contribution in [3.8, 4) is 0 Å². The Morgan fingerprint density at radius 2 is 0.591 bits per heavy atom. The van der Waals surface area contributed by atoms with Gasteiger partial charge in [-0.15, -0.1) is 25.2 Å². The van der Waals surface area contributed by atoms with Crippen LogP contribution >= 0.6 is 41.9 Å². The zero-order valence-electron chi connectivity index (χ0n) is 9.90. The van der Waals surface area contributed by atoms with Gasteiger partial charge in [-0.25, -0.2) is 13.7 Å². The fourth-order valence-corrected chi connectivity index (χ4v) is 0. The van der Waals surface area contributed by atoms with E-state index in [1.54, 1.807) is 0 Å². The van der Waals surface area contributed by atoms with Gasteiger partial charge in [-0.2, -0.15) is 18.3 Å². The second-order valence-corrected chi connectivity index (χ2v) is 5.16. The summed E-state index contributed by atoms with van der Waals surface area (Å²) in [6.45, 7) is 0. The average molecular weight is 448 g/mol. The van der Waals surface area contributed by atoms with Crippen LogP contribution in [0.3, 0.4) is 0 Å². The van der Waals surface area contributed by atoms with Crippen molar-refractivity contribution in [2.24, 2.45) is 0 Å². The van der Waals surface area contributed by atoms with E-state index in [0.29, 0.717) is 0 Å². The number of rotatable bonds is 0. The van der Waals surface area contributed by atoms with Gasteiger partial charge in [0.05, 0.1) is 0 Å². The summed E-state index contributed by atoms with van der Waals surface area (Å²) in [4.78, 5) is 28.6. The Balaban J connectivity index is -0.0000000376. The Morgan fingerprint density at radius 3 is 0.591 bits per heavy atom. The molecule has 22 heavy (non-hydrogen) atoms. The Morgan fingerprint density at radius 1 is 0.591 bits per heavy atom. The van der Waals surface area contributed by atoms with E-state index < -0.39 is 32.0 Å². The van der Waals surface area contributed by atoms with Crippen molar-refractivity contribution in [1.82, 2.24) is 0 Å². The molecule has 0 saturated heterocycles. The van der Waals surface area contributed by atoms with Gasteiger partial charge >= 0.3 is 50.8 Å². The third-order valence-corrected chi connectivity index (χ3v) is 0. The predicted octanol–water partition coefficient (Wildman–Crippen LogP) is 0.533. The second kappa shape index (κ2) is 15.7. The minimum absolute atomic E-state index is 0. The first kappa shape index (κ1) is 38.7. The number of hydrogen-bond acceptors (Lipinski definition) is 5. The van der Waals surface area contributed by atoms with Gasteiger partial charge in [0, 0.05) is 0 Å². The van der Waals surface area contributed by atoms with Crippen LogP contribution in [0.2, 0.25) is 0 Å². The fraction of sp³-hybridized carbons (Fsp3) is 0. The summed E-state index contributed by atoms with van der Waals surface area (Å²) in [6, 6.07) is 0. The quantitative estimate of drug-likeness (QED) is 0.276. The first-order valence-electron chi connectivity index (χ1n) is 2.87. The molecule has 136 valence electrons. The Kier molecular flexibility index (Phi) is 27.7. The molecular weight excluding hydrogens is 442 g/mol. The molecule has 0 heterocycles. The standard InChI is InChI=1S/4F2HO2P.Li.H3P/c4*1-5(2,3)4;;/h4*(H,3,4);;1H3/q;;;;+1;/p-1. The van der Waals surface area contributed by atoms with Crippen molar-refractivity contribution in [3.63, 3.8) is 0 Å². The molecule has 0 fully saturated rings. The van der Waals surface area contributed by atoms with Gasteiger partial charge in [0.2, 0.25) is 0 Å². The van der Waals surface area contributed by atoms with E-state index in [-0.39, 0.29) is 28.8 Å². The van der Waals surface area contributed by atoms with Crippen LogP contribution in [-0.4, -0.2) is 14.7 Å². The Hall–Kier alpha value is 1.23. The SMILES string of the molecule is O=P(O)(F)F.O=P(O)(F)F.O=P(O)(F)F.O=P([O-])(F)F.P.[Li+]. The summed E-state index contributed by atoms with van der Waals surface area (Å²) >= 11 is 0. The van der Waals surface area contributed by atoms with E-state index in [4.69, 9.17) is 37.8 Å². The van der Waals surface area contributed by atoms with E-state index in [2.05, 4.69) is 0 Å². The van der Waals surface area contributed by atoms with Crippen LogP contribution in [-0.2, 0) is 18.3 Å². The maximum Gasteiger partial charge on any atom is 1.00 e. The second-order valence-electron chi connectivity index (χ2n) is 1.72. The van der Waals surface area contributed by atoms with E-state index >= 15 is 0 Å². The molecule has 0 aliphatic carbocycles. The molecule has 0 bridgehead atoms. The molecule has 1 atom stereocenters. The minimum atomic E-state index is -5.89. The maximum absolute atomic E-state index is 10.1. The van der Waals surface area contributed by atoms with Crippen molar-refractivity contribution in [2.45, 2.75) is 0 Å². The maximum atomic E-state index is 10.1. The zero-order chi connectivity index (χ0) is 18.0. The van der Waals surface area contributed by atoms with Gasteiger partial charge in [0.1, 0.15) is 0 Å². The summed E-state index contributed by atoms with van der Waals surface area (Å²) in [6.07, 6.45) is 0. The summed E-state index contributed by atoms with van der Waals surface area (Å²) in [7, 11) is -22.8. The summed E-state index contributed by atoms with van der Waals surface area (Å²) in [5.74, 6) is 0. The van der Waals surface area contributed by atoms with Crippen molar-refractivity contribution in [1.29, 1.82) is 0 Å². The van der Waals surface area contributed by atoms with Gasteiger partial charge < -0.3 is 4.89 Å². The van der Waals surface area contributed by atoms with Crippen LogP contribution in [0.25, 0.3) is 0 Å². The smallest absolute Gasteiger partial charge is 0.749 e. The molecular formula is H6F8LiO8P5. The molecule has 0 aromatic carbocycles.